The summed E-state index contributed by atoms with van der Waals surface area (Å²) in [4.78, 5) is 2.43. The first-order valence-electron chi connectivity index (χ1n) is 6.31. The van der Waals surface area contributed by atoms with Crippen molar-refractivity contribution in [3.63, 3.8) is 0 Å². The second-order valence-electron chi connectivity index (χ2n) is 4.39. The van der Waals surface area contributed by atoms with Gasteiger partial charge in [-0.05, 0) is 25.8 Å². The molecule has 1 aliphatic heterocycles. The number of aliphatic hydroxyl groups excluding tert-OH is 1. The van der Waals surface area contributed by atoms with E-state index in [0.29, 0.717) is 0 Å². The van der Waals surface area contributed by atoms with Crippen molar-refractivity contribution in [2.24, 2.45) is 0 Å². The standard InChI is InChI=1S/C12H25NO2/c1-2-3-5-12(14)6-4-7-13-8-10-15-11-9-13/h12,14H,2-11H2,1H3/t12-/m1/s1. The third kappa shape index (κ3) is 6.13. The quantitative estimate of drug-likeness (QED) is 0.701. The lowest BCUT2D eigenvalue weighted by Gasteiger charge is -2.26. The summed E-state index contributed by atoms with van der Waals surface area (Å²) in [7, 11) is 0. The molecule has 1 heterocycles. The van der Waals surface area contributed by atoms with Crippen LogP contribution in [0, 0.1) is 0 Å². The summed E-state index contributed by atoms with van der Waals surface area (Å²) in [5.74, 6) is 0. The number of hydrogen-bond donors (Lipinski definition) is 1. The van der Waals surface area contributed by atoms with Crippen molar-refractivity contribution in [1.29, 1.82) is 0 Å². The fourth-order valence-electron chi connectivity index (χ4n) is 1.96. The van der Waals surface area contributed by atoms with E-state index in [9.17, 15) is 5.11 Å². The van der Waals surface area contributed by atoms with Crippen molar-refractivity contribution in [1.82, 2.24) is 4.90 Å². The van der Waals surface area contributed by atoms with Gasteiger partial charge in [0.25, 0.3) is 0 Å². The molecule has 0 spiro atoms. The Bertz CT molecular complexity index is 147. The maximum absolute atomic E-state index is 9.67. The lowest BCUT2D eigenvalue weighted by Crippen LogP contribution is -2.37. The van der Waals surface area contributed by atoms with Crippen LogP contribution in [0.5, 0.6) is 0 Å². The predicted octanol–water partition coefficient (Wildman–Crippen LogP) is 1.65. The number of nitrogens with zero attached hydrogens (tertiary/aromatic N) is 1. The van der Waals surface area contributed by atoms with Crippen LogP contribution in [0.3, 0.4) is 0 Å². The molecule has 0 aromatic heterocycles. The van der Waals surface area contributed by atoms with Crippen LogP contribution in [0.15, 0.2) is 0 Å². The Morgan fingerprint density at radius 1 is 1.20 bits per heavy atom. The van der Waals surface area contributed by atoms with Crippen LogP contribution in [-0.2, 0) is 4.74 Å². The Morgan fingerprint density at radius 2 is 1.87 bits per heavy atom. The van der Waals surface area contributed by atoms with Crippen LogP contribution < -0.4 is 0 Å². The molecule has 0 unspecified atom stereocenters. The van der Waals surface area contributed by atoms with Crippen molar-refractivity contribution in [3.8, 4) is 0 Å². The molecular formula is C12H25NO2. The molecule has 0 aromatic rings. The van der Waals surface area contributed by atoms with Gasteiger partial charge in [-0.3, -0.25) is 4.90 Å². The molecule has 15 heavy (non-hydrogen) atoms. The second kappa shape index (κ2) is 8.08. The number of ether oxygens (including phenoxy) is 1. The van der Waals surface area contributed by atoms with Crippen LogP contribution in [0.4, 0.5) is 0 Å². The second-order valence-corrected chi connectivity index (χ2v) is 4.39. The highest BCUT2D eigenvalue weighted by Gasteiger charge is 2.10. The van der Waals surface area contributed by atoms with Gasteiger partial charge in [-0.2, -0.15) is 0 Å². The lowest BCUT2D eigenvalue weighted by molar-refractivity contribution is 0.0350. The smallest absolute Gasteiger partial charge is 0.0594 e. The van der Waals surface area contributed by atoms with E-state index in [4.69, 9.17) is 4.74 Å². The van der Waals surface area contributed by atoms with Crippen molar-refractivity contribution in [2.75, 3.05) is 32.8 Å². The van der Waals surface area contributed by atoms with E-state index in [-0.39, 0.29) is 6.10 Å². The van der Waals surface area contributed by atoms with E-state index in [1.54, 1.807) is 0 Å². The van der Waals surface area contributed by atoms with Crippen LogP contribution in [0.25, 0.3) is 0 Å². The molecule has 0 radical (unpaired) electrons. The number of hydrogen-bond acceptors (Lipinski definition) is 3. The Balaban J connectivity index is 1.94. The monoisotopic (exact) mass is 215 g/mol. The summed E-state index contributed by atoms with van der Waals surface area (Å²) in [5, 5.41) is 9.67. The molecule has 3 heteroatoms. The van der Waals surface area contributed by atoms with E-state index in [0.717, 1.165) is 58.5 Å². The van der Waals surface area contributed by atoms with Gasteiger partial charge in [-0.1, -0.05) is 19.8 Å². The maximum atomic E-state index is 9.67. The van der Waals surface area contributed by atoms with Crippen molar-refractivity contribution >= 4 is 0 Å². The molecule has 0 amide bonds. The summed E-state index contributed by atoms with van der Waals surface area (Å²) in [6.07, 6.45) is 5.30. The third-order valence-corrected chi connectivity index (χ3v) is 3.01. The minimum atomic E-state index is -0.0778. The zero-order valence-corrected chi connectivity index (χ0v) is 9.95. The van der Waals surface area contributed by atoms with E-state index < -0.39 is 0 Å². The van der Waals surface area contributed by atoms with Crippen LogP contribution in [0.2, 0.25) is 0 Å². The molecule has 0 aliphatic carbocycles. The molecule has 90 valence electrons. The van der Waals surface area contributed by atoms with Gasteiger partial charge < -0.3 is 9.84 Å². The van der Waals surface area contributed by atoms with Gasteiger partial charge in [0, 0.05) is 13.1 Å². The Hall–Kier alpha value is -0.120. The van der Waals surface area contributed by atoms with Crippen LogP contribution in [0.1, 0.15) is 39.0 Å². The number of aliphatic hydroxyl groups is 1. The molecule has 1 aliphatic rings. The molecule has 1 N–H and O–H groups in total. The van der Waals surface area contributed by atoms with Gasteiger partial charge in [0.2, 0.25) is 0 Å². The van der Waals surface area contributed by atoms with Crippen molar-refractivity contribution < 1.29 is 9.84 Å². The highest BCUT2D eigenvalue weighted by molar-refractivity contribution is 4.63. The Kier molecular flexibility index (Phi) is 6.98. The zero-order valence-electron chi connectivity index (χ0n) is 9.95. The molecule has 1 saturated heterocycles. The summed E-state index contributed by atoms with van der Waals surface area (Å²) in [6.45, 7) is 7.15. The van der Waals surface area contributed by atoms with Gasteiger partial charge in [0.05, 0.1) is 19.3 Å². The minimum Gasteiger partial charge on any atom is -0.393 e. The van der Waals surface area contributed by atoms with Crippen molar-refractivity contribution in [2.45, 2.75) is 45.1 Å². The van der Waals surface area contributed by atoms with Gasteiger partial charge >= 0.3 is 0 Å². The minimum absolute atomic E-state index is 0.0778. The van der Waals surface area contributed by atoms with E-state index in [2.05, 4.69) is 11.8 Å². The topological polar surface area (TPSA) is 32.7 Å². The molecule has 0 saturated carbocycles. The van der Waals surface area contributed by atoms with Crippen LogP contribution >= 0.6 is 0 Å². The van der Waals surface area contributed by atoms with Gasteiger partial charge in [0.15, 0.2) is 0 Å². The molecule has 1 fully saturated rings. The first-order chi connectivity index (χ1) is 7.33. The Morgan fingerprint density at radius 3 is 2.53 bits per heavy atom. The first kappa shape index (κ1) is 12.9. The zero-order chi connectivity index (χ0) is 10.9. The summed E-state index contributed by atoms with van der Waals surface area (Å²) in [5.41, 5.74) is 0. The molecule has 3 nitrogen and oxygen atoms in total. The van der Waals surface area contributed by atoms with E-state index in [1.807, 2.05) is 0 Å². The number of rotatable bonds is 7. The molecule has 0 aromatic carbocycles. The van der Waals surface area contributed by atoms with Crippen LogP contribution in [-0.4, -0.2) is 49.0 Å². The van der Waals surface area contributed by atoms with Gasteiger partial charge in [0.1, 0.15) is 0 Å². The highest BCUT2D eigenvalue weighted by atomic mass is 16.5. The average Bonchev–Trinajstić information content (AvgIpc) is 2.28. The number of morpholine rings is 1. The lowest BCUT2D eigenvalue weighted by atomic mass is 10.1. The molecule has 0 bridgehead atoms. The summed E-state index contributed by atoms with van der Waals surface area (Å²) < 4.78 is 5.29. The summed E-state index contributed by atoms with van der Waals surface area (Å²) >= 11 is 0. The summed E-state index contributed by atoms with van der Waals surface area (Å²) in [6, 6.07) is 0. The highest BCUT2D eigenvalue weighted by Crippen LogP contribution is 2.08. The fraction of sp³-hybridized carbons (Fsp3) is 1.00. The predicted molar refractivity (Wildman–Crippen MR) is 62.0 cm³/mol. The molecular weight excluding hydrogens is 190 g/mol. The largest absolute Gasteiger partial charge is 0.393 e. The van der Waals surface area contributed by atoms with Crippen molar-refractivity contribution in [3.05, 3.63) is 0 Å². The maximum Gasteiger partial charge on any atom is 0.0594 e. The first-order valence-corrected chi connectivity index (χ1v) is 6.31. The van der Waals surface area contributed by atoms with E-state index in [1.165, 1.54) is 6.42 Å². The SMILES string of the molecule is CCCC[C@@H](O)CCCN1CCOCC1. The van der Waals surface area contributed by atoms with E-state index >= 15 is 0 Å². The van der Waals surface area contributed by atoms with Gasteiger partial charge in [-0.25, -0.2) is 0 Å². The molecule has 1 rings (SSSR count). The van der Waals surface area contributed by atoms with Gasteiger partial charge in [-0.15, -0.1) is 0 Å². The average molecular weight is 215 g/mol. The Labute approximate surface area is 93.4 Å². The molecule has 1 atom stereocenters. The normalized spacial score (nSPS) is 20.4. The fourth-order valence-corrected chi connectivity index (χ4v) is 1.96. The third-order valence-electron chi connectivity index (χ3n) is 3.01. The number of unbranched alkanes of at least 4 members (excludes halogenated alkanes) is 1.